The second kappa shape index (κ2) is 26.4. The lowest BCUT2D eigenvalue weighted by molar-refractivity contribution is -0.396. The Kier molecular flexibility index (Phi) is 21.1. The molecule has 0 N–H and O–H groups in total. The predicted octanol–water partition coefficient (Wildman–Crippen LogP) is 9.48. The molecule has 0 spiro atoms. The molecule has 0 saturated carbocycles. The molecular weight excluding hydrogens is 825 g/mol. The van der Waals surface area contributed by atoms with E-state index in [4.69, 9.17) is 28.4 Å². The molecule has 62 heavy (non-hydrogen) atoms. The molecule has 16 nitrogen and oxygen atoms in total. The van der Waals surface area contributed by atoms with Gasteiger partial charge in [-0.2, -0.15) is 13.2 Å². The van der Waals surface area contributed by atoms with Gasteiger partial charge >= 0.3 is 41.4 Å². The van der Waals surface area contributed by atoms with E-state index in [0.717, 1.165) is 12.1 Å². The number of allylic oxidation sites excluding steroid dienone is 1. The largest absolute Gasteiger partial charge is 0.494 e. The van der Waals surface area contributed by atoms with E-state index in [0.29, 0.717) is 62.7 Å². The SMILES string of the molecule is C/C=C/C(=O)OCCCCCCOc1c([N+](=O)[O-])cc(C(=O)OCCCCCCOC(=O)/C=C/c2ccc(OC(=O)c3ccc(OCCCC(F)(F)F)cc3)cc2)cc1[N+](=O)[O-]. The molecule has 3 rings (SSSR count). The van der Waals surface area contributed by atoms with Crippen LogP contribution in [0.25, 0.3) is 6.08 Å². The molecule has 0 radical (unpaired) electrons. The quantitative estimate of drug-likeness (QED) is 0.0133. The number of unbranched alkanes of at least 4 members (excludes halogenated alkanes) is 6. The number of alkyl halides is 3. The third-order valence-corrected chi connectivity index (χ3v) is 8.49. The number of nitrogens with zero attached hydrogens (tertiary/aromatic N) is 2. The van der Waals surface area contributed by atoms with Crippen LogP contribution < -0.4 is 14.2 Å². The average Bonchev–Trinajstić information content (AvgIpc) is 3.23. The third-order valence-electron chi connectivity index (χ3n) is 8.49. The lowest BCUT2D eigenvalue weighted by Crippen LogP contribution is -2.10. The average molecular weight is 873 g/mol. The first kappa shape index (κ1) is 49.6. The van der Waals surface area contributed by atoms with Gasteiger partial charge in [-0.3, -0.25) is 20.2 Å². The molecule has 0 aliphatic rings. The van der Waals surface area contributed by atoms with Gasteiger partial charge in [-0.05, 0) is 113 Å². The molecule has 0 saturated heterocycles. The van der Waals surface area contributed by atoms with Gasteiger partial charge in [0.15, 0.2) is 0 Å². The highest BCUT2D eigenvalue weighted by Crippen LogP contribution is 2.38. The molecule has 0 atom stereocenters. The van der Waals surface area contributed by atoms with Crippen LogP contribution in [0.15, 0.2) is 78.9 Å². The van der Waals surface area contributed by atoms with E-state index in [9.17, 15) is 52.6 Å². The molecular formula is C43H47F3N2O14. The lowest BCUT2D eigenvalue weighted by Gasteiger charge is -2.10. The van der Waals surface area contributed by atoms with Gasteiger partial charge in [0.1, 0.15) is 11.5 Å². The summed E-state index contributed by atoms with van der Waals surface area (Å²) in [6, 6.07) is 13.8. The van der Waals surface area contributed by atoms with E-state index in [1.54, 1.807) is 25.1 Å². The molecule has 0 amide bonds. The normalized spacial score (nSPS) is 11.3. The first-order chi connectivity index (χ1) is 29.7. The zero-order chi connectivity index (χ0) is 45.3. The van der Waals surface area contributed by atoms with Gasteiger partial charge in [0, 0.05) is 30.7 Å². The second-order valence-corrected chi connectivity index (χ2v) is 13.4. The zero-order valence-corrected chi connectivity index (χ0v) is 33.9. The van der Waals surface area contributed by atoms with Crippen LogP contribution in [0.2, 0.25) is 0 Å². The summed E-state index contributed by atoms with van der Waals surface area (Å²) < 4.78 is 68.2. The highest BCUT2D eigenvalue weighted by Gasteiger charge is 2.31. The van der Waals surface area contributed by atoms with Crippen LogP contribution in [0.5, 0.6) is 17.2 Å². The molecule has 3 aromatic rings. The van der Waals surface area contributed by atoms with Crippen molar-refractivity contribution >= 4 is 41.3 Å². The van der Waals surface area contributed by atoms with Crippen LogP contribution in [-0.2, 0) is 23.8 Å². The Hall–Kier alpha value is -6.79. The zero-order valence-electron chi connectivity index (χ0n) is 33.9. The van der Waals surface area contributed by atoms with Crippen molar-refractivity contribution in [2.24, 2.45) is 0 Å². The molecule has 19 heteroatoms. The molecule has 0 unspecified atom stereocenters. The number of carbonyl (C=O) groups excluding carboxylic acids is 4. The maximum absolute atomic E-state index is 12.7. The Bertz CT molecular complexity index is 1980. The van der Waals surface area contributed by atoms with Gasteiger partial charge in [0.05, 0.1) is 54.0 Å². The summed E-state index contributed by atoms with van der Waals surface area (Å²) >= 11 is 0. The van der Waals surface area contributed by atoms with Gasteiger partial charge in [-0.15, -0.1) is 0 Å². The molecule has 0 fully saturated rings. The molecule has 334 valence electrons. The minimum Gasteiger partial charge on any atom is -0.494 e. The van der Waals surface area contributed by atoms with Crippen molar-refractivity contribution in [2.45, 2.75) is 77.3 Å². The Morgan fingerprint density at radius 2 is 1.10 bits per heavy atom. The van der Waals surface area contributed by atoms with Crippen molar-refractivity contribution in [3.8, 4) is 17.2 Å². The number of carbonyl (C=O) groups is 4. The number of esters is 4. The number of rotatable bonds is 27. The number of nitro benzene ring substituents is 2. The molecule has 0 bridgehead atoms. The fraction of sp³-hybridized carbons (Fsp3) is 0.395. The van der Waals surface area contributed by atoms with Gasteiger partial charge in [-0.1, -0.05) is 18.2 Å². The number of hydrogen-bond donors (Lipinski definition) is 0. The Morgan fingerprint density at radius 3 is 1.63 bits per heavy atom. The van der Waals surface area contributed by atoms with E-state index in [-0.39, 0.29) is 56.3 Å². The first-order valence-corrected chi connectivity index (χ1v) is 19.7. The van der Waals surface area contributed by atoms with Crippen molar-refractivity contribution in [2.75, 3.05) is 33.0 Å². The van der Waals surface area contributed by atoms with E-state index < -0.39 is 63.4 Å². The summed E-state index contributed by atoms with van der Waals surface area (Å²) in [6.07, 6.45) is 4.63. The van der Waals surface area contributed by atoms with Gasteiger partial charge < -0.3 is 28.4 Å². The number of benzene rings is 3. The van der Waals surface area contributed by atoms with Crippen molar-refractivity contribution in [1.82, 2.24) is 0 Å². The summed E-state index contributed by atoms with van der Waals surface area (Å²) in [4.78, 5) is 70.4. The van der Waals surface area contributed by atoms with E-state index in [1.165, 1.54) is 54.6 Å². The van der Waals surface area contributed by atoms with Crippen molar-refractivity contribution in [3.05, 3.63) is 116 Å². The minimum absolute atomic E-state index is 0.0549. The van der Waals surface area contributed by atoms with E-state index in [1.807, 2.05) is 0 Å². The minimum atomic E-state index is -4.25. The molecule has 0 aliphatic carbocycles. The topological polar surface area (TPSA) is 210 Å². The number of nitro groups is 2. The highest BCUT2D eigenvalue weighted by molar-refractivity contribution is 5.92. The molecule has 3 aromatic carbocycles. The maximum Gasteiger partial charge on any atom is 0.389 e. The summed E-state index contributed by atoms with van der Waals surface area (Å²) in [5, 5.41) is 23.5. The second-order valence-electron chi connectivity index (χ2n) is 13.4. The highest BCUT2D eigenvalue weighted by atomic mass is 19.4. The number of halogens is 3. The lowest BCUT2D eigenvalue weighted by atomic mass is 10.1. The van der Waals surface area contributed by atoms with Crippen LogP contribution in [-0.4, -0.2) is 72.9 Å². The van der Waals surface area contributed by atoms with Gasteiger partial charge in [0.25, 0.3) is 5.75 Å². The Balaban J connectivity index is 1.32. The Morgan fingerprint density at radius 1 is 0.597 bits per heavy atom. The van der Waals surface area contributed by atoms with Gasteiger partial charge in [0.2, 0.25) is 0 Å². The predicted molar refractivity (Wildman–Crippen MR) is 217 cm³/mol. The van der Waals surface area contributed by atoms with Crippen molar-refractivity contribution in [1.29, 1.82) is 0 Å². The summed E-state index contributed by atoms with van der Waals surface area (Å²) in [5.41, 5.74) is -1.04. The summed E-state index contributed by atoms with van der Waals surface area (Å²) in [7, 11) is 0. The van der Waals surface area contributed by atoms with Crippen LogP contribution in [0.3, 0.4) is 0 Å². The van der Waals surface area contributed by atoms with Crippen LogP contribution in [0, 0.1) is 20.2 Å². The monoisotopic (exact) mass is 872 g/mol. The molecule has 0 heterocycles. The smallest absolute Gasteiger partial charge is 0.389 e. The fourth-order valence-electron chi connectivity index (χ4n) is 5.38. The third kappa shape index (κ3) is 19.1. The summed E-state index contributed by atoms with van der Waals surface area (Å²) in [5.74, 6) is -2.67. The number of hydrogen-bond acceptors (Lipinski definition) is 14. The standard InChI is InChI=1S/C43H47F3N2O14/c1-2-12-38(49)58-24-7-3-5-9-26-60-40-36(47(53)54)29-33(30-37(40)48(55)56)41(51)61-27-10-6-4-8-25-59-39(50)22-15-31-13-18-35(19-14-31)62-42(52)32-16-20-34(21-17-32)57-28-11-23-43(44,45)46/h2,12-22,29-30H,3-11,23-28H2,1H3/b12-2+,22-15+. The van der Waals surface area contributed by atoms with Crippen molar-refractivity contribution < 1.29 is 70.6 Å². The maximum atomic E-state index is 12.7. The van der Waals surface area contributed by atoms with Crippen molar-refractivity contribution in [3.63, 3.8) is 0 Å². The molecule has 0 aromatic heterocycles. The van der Waals surface area contributed by atoms with E-state index >= 15 is 0 Å². The summed E-state index contributed by atoms with van der Waals surface area (Å²) in [6.45, 7) is 1.81. The van der Waals surface area contributed by atoms with Crippen LogP contribution in [0.4, 0.5) is 24.5 Å². The van der Waals surface area contributed by atoms with Gasteiger partial charge in [-0.25, -0.2) is 19.2 Å². The number of ether oxygens (including phenoxy) is 6. The molecule has 0 aliphatic heterocycles. The van der Waals surface area contributed by atoms with Crippen LogP contribution in [0.1, 0.15) is 97.4 Å². The van der Waals surface area contributed by atoms with E-state index in [2.05, 4.69) is 0 Å². The fourth-order valence-corrected chi connectivity index (χ4v) is 5.38. The Labute approximate surface area is 354 Å². The van der Waals surface area contributed by atoms with Crippen LogP contribution >= 0.6 is 0 Å². The first-order valence-electron chi connectivity index (χ1n) is 19.7.